The van der Waals surface area contributed by atoms with Crippen LogP contribution in [0.2, 0.25) is 0 Å². The summed E-state index contributed by atoms with van der Waals surface area (Å²) in [7, 11) is 0. The third-order valence-electron chi connectivity index (χ3n) is 1.65. The molecule has 100 valence electrons. The van der Waals surface area contributed by atoms with Crippen molar-refractivity contribution in [2.45, 2.75) is 12.5 Å². The highest BCUT2D eigenvalue weighted by atomic mass is 19.4. The van der Waals surface area contributed by atoms with Crippen molar-refractivity contribution in [2.75, 3.05) is 0 Å². The van der Waals surface area contributed by atoms with E-state index < -0.39 is 41.6 Å². The zero-order chi connectivity index (χ0) is 14.1. The standard InChI is InChI=1S/C8H2F7NO2/c9-4-1-16-6(18-8(13,14)15)5(3(4)2-17)7(10,11)12/h1-2H. The number of pyridine rings is 1. The number of hydrogen-bond donors (Lipinski definition) is 0. The van der Waals surface area contributed by atoms with E-state index in [-0.39, 0.29) is 6.20 Å². The number of rotatable bonds is 2. The molecule has 0 aliphatic carbocycles. The van der Waals surface area contributed by atoms with Gasteiger partial charge in [0.05, 0.1) is 11.8 Å². The van der Waals surface area contributed by atoms with Crippen molar-refractivity contribution in [2.24, 2.45) is 0 Å². The van der Waals surface area contributed by atoms with E-state index in [1.54, 1.807) is 0 Å². The number of carbonyl (C=O) groups excluding carboxylic acids is 1. The van der Waals surface area contributed by atoms with Crippen molar-refractivity contribution in [1.29, 1.82) is 0 Å². The second kappa shape index (κ2) is 4.42. The summed E-state index contributed by atoms with van der Waals surface area (Å²) in [6.07, 6.45) is -11.4. The van der Waals surface area contributed by atoms with Crippen LogP contribution < -0.4 is 4.74 Å². The van der Waals surface area contributed by atoms with Gasteiger partial charge in [0.2, 0.25) is 5.88 Å². The lowest BCUT2D eigenvalue weighted by atomic mass is 10.1. The molecule has 1 aromatic rings. The van der Waals surface area contributed by atoms with Crippen molar-refractivity contribution < 1.29 is 40.3 Å². The van der Waals surface area contributed by atoms with Crippen molar-refractivity contribution in [1.82, 2.24) is 4.98 Å². The van der Waals surface area contributed by atoms with Crippen LogP contribution in [0.5, 0.6) is 5.88 Å². The Morgan fingerprint density at radius 3 is 2.11 bits per heavy atom. The zero-order valence-corrected chi connectivity index (χ0v) is 8.06. The summed E-state index contributed by atoms with van der Waals surface area (Å²) in [6.45, 7) is 0. The van der Waals surface area contributed by atoms with Crippen molar-refractivity contribution in [3.8, 4) is 5.88 Å². The maximum absolute atomic E-state index is 12.9. The third kappa shape index (κ3) is 3.08. The summed E-state index contributed by atoms with van der Waals surface area (Å²) in [5.74, 6) is -3.63. The summed E-state index contributed by atoms with van der Waals surface area (Å²) in [5.41, 5.74) is -3.81. The molecule has 0 spiro atoms. The van der Waals surface area contributed by atoms with Gasteiger partial charge in [0.25, 0.3) is 0 Å². The Morgan fingerprint density at radius 1 is 1.17 bits per heavy atom. The average molecular weight is 277 g/mol. The van der Waals surface area contributed by atoms with Gasteiger partial charge in [-0.25, -0.2) is 9.37 Å². The van der Waals surface area contributed by atoms with Gasteiger partial charge in [0, 0.05) is 0 Å². The Kier molecular flexibility index (Phi) is 3.49. The highest BCUT2D eigenvalue weighted by Gasteiger charge is 2.43. The smallest absolute Gasteiger partial charge is 0.387 e. The monoisotopic (exact) mass is 277 g/mol. The molecule has 0 aliphatic heterocycles. The maximum atomic E-state index is 12.9. The van der Waals surface area contributed by atoms with E-state index in [4.69, 9.17) is 0 Å². The van der Waals surface area contributed by atoms with Crippen LogP contribution in [0.1, 0.15) is 15.9 Å². The number of aromatic nitrogens is 1. The topological polar surface area (TPSA) is 39.2 Å². The molecule has 0 amide bonds. The number of halogens is 7. The molecule has 0 radical (unpaired) electrons. The fourth-order valence-corrected chi connectivity index (χ4v) is 1.06. The predicted molar refractivity (Wildman–Crippen MR) is 41.3 cm³/mol. The molecule has 10 heteroatoms. The average Bonchev–Trinajstić information content (AvgIpc) is 2.16. The maximum Gasteiger partial charge on any atom is 0.574 e. The van der Waals surface area contributed by atoms with E-state index in [0.717, 1.165) is 0 Å². The lowest BCUT2D eigenvalue weighted by Gasteiger charge is -2.15. The number of alkyl halides is 6. The second-order valence-electron chi connectivity index (χ2n) is 2.86. The molecule has 0 fully saturated rings. The highest BCUT2D eigenvalue weighted by Crippen LogP contribution is 2.39. The molecule has 0 saturated carbocycles. The largest absolute Gasteiger partial charge is 0.574 e. The van der Waals surface area contributed by atoms with E-state index in [9.17, 15) is 35.5 Å². The molecule has 0 aliphatic rings. The van der Waals surface area contributed by atoms with Crippen molar-refractivity contribution in [3.63, 3.8) is 0 Å². The normalized spacial score (nSPS) is 12.4. The number of carbonyl (C=O) groups is 1. The first-order valence-electron chi connectivity index (χ1n) is 4.03. The minimum atomic E-state index is -5.45. The lowest BCUT2D eigenvalue weighted by molar-refractivity contribution is -0.278. The lowest BCUT2D eigenvalue weighted by Crippen LogP contribution is -2.22. The van der Waals surface area contributed by atoms with Crippen LogP contribution in [0.15, 0.2) is 6.20 Å². The molecule has 0 saturated heterocycles. The minimum absolute atomic E-state index is 0.0278. The zero-order valence-electron chi connectivity index (χ0n) is 8.06. The van der Waals surface area contributed by atoms with Gasteiger partial charge in [-0.15, -0.1) is 13.2 Å². The van der Waals surface area contributed by atoms with E-state index in [1.807, 2.05) is 0 Å². The third-order valence-corrected chi connectivity index (χ3v) is 1.65. The van der Waals surface area contributed by atoms with Gasteiger partial charge >= 0.3 is 12.5 Å². The van der Waals surface area contributed by atoms with E-state index in [1.165, 1.54) is 0 Å². The number of aldehydes is 1. The van der Waals surface area contributed by atoms with Gasteiger partial charge in [-0.05, 0) is 0 Å². The van der Waals surface area contributed by atoms with Gasteiger partial charge in [-0.3, -0.25) is 4.79 Å². The van der Waals surface area contributed by atoms with Crippen LogP contribution >= 0.6 is 0 Å². The van der Waals surface area contributed by atoms with Crippen LogP contribution in [0.4, 0.5) is 30.7 Å². The first kappa shape index (κ1) is 14.2. The van der Waals surface area contributed by atoms with E-state index >= 15 is 0 Å². The molecule has 18 heavy (non-hydrogen) atoms. The van der Waals surface area contributed by atoms with Crippen molar-refractivity contribution in [3.05, 3.63) is 23.1 Å². The van der Waals surface area contributed by atoms with E-state index in [0.29, 0.717) is 0 Å². The number of ether oxygens (including phenoxy) is 1. The van der Waals surface area contributed by atoms with Gasteiger partial charge < -0.3 is 4.74 Å². The van der Waals surface area contributed by atoms with Gasteiger partial charge in [0.1, 0.15) is 5.56 Å². The molecule has 0 unspecified atom stereocenters. The van der Waals surface area contributed by atoms with Gasteiger partial charge in [-0.2, -0.15) is 13.2 Å². The Labute approximate surface area is 94.2 Å². The molecule has 0 aromatic carbocycles. The quantitative estimate of drug-likeness (QED) is 0.616. The van der Waals surface area contributed by atoms with Crippen LogP contribution in [0, 0.1) is 5.82 Å². The molecule has 1 aromatic heterocycles. The van der Waals surface area contributed by atoms with Crippen molar-refractivity contribution >= 4 is 6.29 Å². The predicted octanol–water partition coefficient (Wildman–Crippen LogP) is 2.95. The highest BCUT2D eigenvalue weighted by molar-refractivity contribution is 5.79. The Hall–Kier alpha value is -1.87. The Morgan fingerprint density at radius 2 is 1.72 bits per heavy atom. The Bertz CT molecular complexity index is 466. The molecule has 3 nitrogen and oxygen atoms in total. The summed E-state index contributed by atoms with van der Waals surface area (Å²) in [4.78, 5) is 12.9. The summed E-state index contributed by atoms with van der Waals surface area (Å²) >= 11 is 0. The molecular weight excluding hydrogens is 275 g/mol. The van der Waals surface area contributed by atoms with Crippen LogP contribution in [-0.2, 0) is 6.18 Å². The first-order valence-corrected chi connectivity index (χ1v) is 4.03. The summed E-state index contributed by atoms with van der Waals surface area (Å²) in [5, 5.41) is 0. The summed E-state index contributed by atoms with van der Waals surface area (Å²) < 4.78 is 88.7. The first-order chi connectivity index (χ1) is 8.06. The molecule has 1 heterocycles. The SMILES string of the molecule is O=Cc1c(F)cnc(OC(F)(F)F)c1C(F)(F)F. The molecule has 0 atom stereocenters. The van der Waals surface area contributed by atoms with Gasteiger partial charge in [-0.1, -0.05) is 0 Å². The second-order valence-corrected chi connectivity index (χ2v) is 2.86. The van der Waals surface area contributed by atoms with Crippen LogP contribution in [0.25, 0.3) is 0 Å². The van der Waals surface area contributed by atoms with E-state index in [2.05, 4.69) is 9.72 Å². The number of hydrogen-bond acceptors (Lipinski definition) is 3. The van der Waals surface area contributed by atoms with Gasteiger partial charge in [0.15, 0.2) is 12.1 Å². The van der Waals surface area contributed by atoms with Crippen LogP contribution in [0.3, 0.4) is 0 Å². The molecular formula is C8H2F7NO2. The minimum Gasteiger partial charge on any atom is -0.387 e. The number of nitrogens with zero attached hydrogens (tertiary/aromatic N) is 1. The molecule has 0 bridgehead atoms. The van der Waals surface area contributed by atoms with Crippen LogP contribution in [-0.4, -0.2) is 17.6 Å². The Balaban J connectivity index is 3.48. The fourth-order valence-electron chi connectivity index (χ4n) is 1.06. The molecule has 0 N–H and O–H groups in total. The fraction of sp³-hybridized carbons (Fsp3) is 0.250. The molecule has 1 rings (SSSR count). The summed E-state index contributed by atoms with van der Waals surface area (Å²) in [6, 6.07) is 0.